The van der Waals surface area contributed by atoms with Crippen LogP contribution in [0.1, 0.15) is 50.0 Å². The molecule has 1 aromatic carbocycles. The Morgan fingerprint density at radius 2 is 1.85 bits per heavy atom. The van der Waals surface area contributed by atoms with E-state index in [1.54, 1.807) is 0 Å². The van der Waals surface area contributed by atoms with Gasteiger partial charge in [-0.05, 0) is 63.2 Å². The molecule has 20 heavy (non-hydrogen) atoms. The molecule has 1 saturated carbocycles. The number of unbranched alkanes of at least 4 members (excludes halogenated alkanes) is 2. The van der Waals surface area contributed by atoms with E-state index in [0.29, 0.717) is 0 Å². The van der Waals surface area contributed by atoms with Crippen molar-refractivity contribution in [2.24, 2.45) is 0 Å². The summed E-state index contributed by atoms with van der Waals surface area (Å²) in [6.45, 7) is 5.09. The zero-order chi connectivity index (χ0) is 13.6. The van der Waals surface area contributed by atoms with Gasteiger partial charge in [0.25, 0.3) is 0 Å². The van der Waals surface area contributed by atoms with E-state index in [2.05, 4.69) is 40.5 Å². The zero-order valence-electron chi connectivity index (χ0n) is 12.6. The van der Waals surface area contributed by atoms with Crippen LogP contribution in [0.25, 0.3) is 0 Å². The molecule has 3 rings (SSSR count). The molecule has 2 fully saturated rings. The maximum absolute atomic E-state index is 3.60. The minimum absolute atomic E-state index is 0.771. The molecule has 0 bridgehead atoms. The molecular formula is C18H28N2. The van der Waals surface area contributed by atoms with Crippen LogP contribution in [0.2, 0.25) is 0 Å². The van der Waals surface area contributed by atoms with Gasteiger partial charge in [-0.1, -0.05) is 36.8 Å². The largest absolute Gasteiger partial charge is 0.314 e. The van der Waals surface area contributed by atoms with E-state index < -0.39 is 0 Å². The third kappa shape index (κ3) is 4.32. The topological polar surface area (TPSA) is 15.3 Å². The minimum atomic E-state index is 0.771. The smallest absolute Gasteiger partial charge is 0.00682 e. The van der Waals surface area contributed by atoms with Gasteiger partial charge in [0, 0.05) is 12.6 Å². The number of hydrogen-bond donors (Lipinski definition) is 1. The van der Waals surface area contributed by atoms with Crippen LogP contribution in [0.4, 0.5) is 0 Å². The van der Waals surface area contributed by atoms with Crippen LogP contribution in [0.15, 0.2) is 30.3 Å². The Balaban J connectivity index is 1.27. The molecule has 0 aromatic heterocycles. The fraction of sp³-hybridized carbons (Fsp3) is 0.667. The monoisotopic (exact) mass is 272 g/mol. The standard InChI is InChI=1S/C18H28N2/c1-3-7-16(8-4-1)17-11-14-20(15-17)13-6-2-5-12-19-18-9-10-18/h1,3-4,7-8,17-19H,2,5-6,9-15H2. The Kier molecular flexibility index (Phi) is 5.10. The molecule has 1 aliphatic heterocycles. The molecule has 110 valence electrons. The van der Waals surface area contributed by atoms with Crippen molar-refractivity contribution in [3.63, 3.8) is 0 Å². The van der Waals surface area contributed by atoms with Crippen molar-refractivity contribution >= 4 is 0 Å². The molecule has 2 heteroatoms. The highest BCUT2D eigenvalue weighted by Crippen LogP contribution is 2.27. The summed E-state index contributed by atoms with van der Waals surface area (Å²) in [5, 5.41) is 3.60. The summed E-state index contributed by atoms with van der Waals surface area (Å²) in [6.07, 6.45) is 8.27. The summed E-state index contributed by atoms with van der Waals surface area (Å²) < 4.78 is 0. The SMILES string of the molecule is c1ccc(C2CCN(CCCCCNC3CC3)C2)cc1. The fourth-order valence-electron chi connectivity index (χ4n) is 3.26. The quantitative estimate of drug-likeness (QED) is 0.730. The second kappa shape index (κ2) is 7.24. The highest BCUT2D eigenvalue weighted by atomic mass is 15.1. The maximum atomic E-state index is 3.60. The molecule has 1 N–H and O–H groups in total. The van der Waals surface area contributed by atoms with Gasteiger partial charge in [-0.15, -0.1) is 0 Å². The van der Waals surface area contributed by atoms with E-state index in [4.69, 9.17) is 0 Å². The molecule has 0 radical (unpaired) electrons. The van der Waals surface area contributed by atoms with Crippen molar-refractivity contribution in [3.8, 4) is 0 Å². The third-order valence-corrected chi connectivity index (χ3v) is 4.70. The Bertz CT molecular complexity index is 386. The summed E-state index contributed by atoms with van der Waals surface area (Å²) in [6, 6.07) is 11.9. The lowest BCUT2D eigenvalue weighted by atomic mass is 9.99. The maximum Gasteiger partial charge on any atom is 0.00682 e. The van der Waals surface area contributed by atoms with Gasteiger partial charge in [0.2, 0.25) is 0 Å². The fourth-order valence-corrected chi connectivity index (χ4v) is 3.26. The lowest BCUT2D eigenvalue weighted by Gasteiger charge is -2.16. The van der Waals surface area contributed by atoms with Crippen molar-refractivity contribution in [1.82, 2.24) is 10.2 Å². The van der Waals surface area contributed by atoms with Crippen molar-refractivity contribution in [2.75, 3.05) is 26.2 Å². The molecule has 1 heterocycles. The van der Waals surface area contributed by atoms with Gasteiger partial charge in [0.15, 0.2) is 0 Å². The van der Waals surface area contributed by atoms with Gasteiger partial charge in [0.05, 0.1) is 0 Å². The molecule has 2 aliphatic rings. The number of nitrogens with one attached hydrogen (secondary N) is 1. The predicted octanol–water partition coefficient (Wildman–Crippen LogP) is 3.40. The highest BCUT2D eigenvalue weighted by molar-refractivity contribution is 5.20. The van der Waals surface area contributed by atoms with Gasteiger partial charge >= 0.3 is 0 Å². The number of benzene rings is 1. The highest BCUT2D eigenvalue weighted by Gasteiger charge is 2.23. The van der Waals surface area contributed by atoms with E-state index in [1.165, 1.54) is 70.3 Å². The Labute approximate surface area is 123 Å². The first-order valence-electron chi connectivity index (χ1n) is 8.42. The zero-order valence-corrected chi connectivity index (χ0v) is 12.6. The van der Waals surface area contributed by atoms with E-state index in [9.17, 15) is 0 Å². The second-order valence-corrected chi connectivity index (χ2v) is 6.49. The lowest BCUT2D eigenvalue weighted by molar-refractivity contribution is 0.324. The van der Waals surface area contributed by atoms with E-state index in [0.717, 1.165) is 12.0 Å². The first-order valence-corrected chi connectivity index (χ1v) is 8.42. The Hall–Kier alpha value is -0.860. The first kappa shape index (κ1) is 14.1. The summed E-state index contributed by atoms with van der Waals surface area (Å²) in [7, 11) is 0. The molecule has 0 amide bonds. The van der Waals surface area contributed by atoms with Crippen molar-refractivity contribution in [1.29, 1.82) is 0 Å². The van der Waals surface area contributed by atoms with Gasteiger partial charge < -0.3 is 10.2 Å². The van der Waals surface area contributed by atoms with Gasteiger partial charge in [-0.2, -0.15) is 0 Å². The summed E-state index contributed by atoms with van der Waals surface area (Å²) in [4.78, 5) is 2.66. The minimum Gasteiger partial charge on any atom is -0.314 e. The molecule has 2 nitrogen and oxygen atoms in total. The average Bonchev–Trinajstić information content (AvgIpc) is 3.20. The van der Waals surface area contributed by atoms with Crippen LogP contribution in [0.3, 0.4) is 0 Å². The number of nitrogens with zero attached hydrogens (tertiary/aromatic N) is 1. The molecule has 1 aromatic rings. The van der Waals surface area contributed by atoms with Crippen molar-refractivity contribution in [3.05, 3.63) is 35.9 Å². The number of rotatable bonds is 8. The van der Waals surface area contributed by atoms with E-state index in [1.807, 2.05) is 0 Å². The normalized spacial score (nSPS) is 23.3. The summed E-state index contributed by atoms with van der Waals surface area (Å²) in [5.41, 5.74) is 1.53. The average molecular weight is 272 g/mol. The van der Waals surface area contributed by atoms with Gasteiger partial charge in [-0.3, -0.25) is 0 Å². The Morgan fingerprint density at radius 1 is 1.00 bits per heavy atom. The van der Waals surface area contributed by atoms with Crippen molar-refractivity contribution in [2.45, 2.75) is 50.5 Å². The van der Waals surface area contributed by atoms with Crippen LogP contribution >= 0.6 is 0 Å². The molecular weight excluding hydrogens is 244 g/mol. The molecule has 1 atom stereocenters. The third-order valence-electron chi connectivity index (χ3n) is 4.70. The van der Waals surface area contributed by atoms with E-state index in [-0.39, 0.29) is 0 Å². The molecule has 1 aliphatic carbocycles. The van der Waals surface area contributed by atoms with Crippen LogP contribution < -0.4 is 5.32 Å². The van der Waals surface area contributed by atoms with Crippen LogP contribution in [-0.4, -0.2) is 37.1 Å². The Morgan fingerprint density at radius 3 is 2.65 bits per heavy atom. The summed E-state index contributed by atoms with van der Waals surface area (Å²) in [5.74, 6) is 0.771. The van der Waals surface area contributed by atoms with Crippen LogP contribution in [-0.2, 0) is 0 Å². The van der Waals surface area contributed by atoms with Gasteiger partial charge in [-0.25, -0.2) is 0 Å². The van der Waals surface area contributed by atoms with E-state index >= 15 is 0 Å². The molecule has 0 spiro atoms. The second-order valence-electron chi connectivity index (χ2n) is 6.49. The number of hydrogen-bond acceptors (Lipinski definition) is 2. The van der Waals surface area contributed by atoms with Crippen LogP contribution in [0.5, 0.6) is 0 Å². The number of likely N-dealkylation sites (tertiary alicyclic amines) is 1. The van der Waals surface area contributed by atoms with Crippen molar-refractivity contribution < 1.29 is 0 Å². The first-order chi connectivity index (χ1) is 9.92. The van der Waals surface area contributed by atoms with Crippen LogP contribution in [0, 0.1) is 0 Å². The van der Waals surface area contributed by atoms with Gasteiger partial charge in [0.1, 0.15) is 0 Å². The lowest BCUT2D eigenvalue weighted by Crippen LogP contribution is -2.22. The summed E-state index contributed by atoms with van der Waals surface area (Å²) >= 11 is 0. The molecule has 1 unspecified atom stereocenters. The predicted molar refractivity (Wildman–Crippen MR) is 85.1 cm³/mol. The molecule has 1 saturated heterocycles.